The fourth-order valence-electron chi connectivity index (χ4n) is 2.75. The van der Waals surface area contributed by atoms with Crippen molar-refractivity contribution in [3.8, 4) is 5.75 Å². The van der Waals surface area contributed by atoms with Crippen molar-refractivity contribution >= 4 is 11.8 Å². The van der Waals surface area contributed by atoms with Gasteiger partial charge >= 0.3 is 0 Å². The molecule has 0 saturated carbocycles. The third-order valence-electron chi connectivity index (χ3n) is 4.13. The van der Waals surface area contributed by atoms with E-state index in [1.165, 1.54) is 0 Å². The van der Waals surface area contributed by atoms with Crippen molar-refractivity contribution in [2.45, 2.75) is 26.7 Å². The van der Waals surface area contributed by atoms with Gasteiger partial charge in [-0.15, -0.1) is 0 Å². The third-order valence-corrected chi connectivity index (χ3v) is 4.13. The van der Waals surface area contributed by atoms with E-state index in [0.717, 1.165) is 18.4 Å². The number of nitrogens with zero attached hydrogens (tertiary/aromatic N) is 2. The van der Waals surface area contributed by atoms with Crippen LogP contribution in [0.25, 0.3) is 0 Å². The molecule has 0 spiro atoms. The largest absolute Gasteiger partial charge is 0.496 e. The van der Waals surface area contributed by atoms with Gasteiger partial charge in [0.25, 0.3) is 5.91 Å². The van der Waals surface area contributed by atoms with Crippen LogP contribution in [-0.4, -0.2) is 54.9 Å². The molecule has 0 aromatic heterocycles. The van der Waals surface area contributed by atoms with Crippen molar-refractivity contribution in [3.63, 3.8) is 0 Å². The number of amides is 2. The Labute approximate surface area is 131 Å². The minimum absolute atomic E-state index is 0.0162. The van der Waals surface area contributed by atoms with Gasteiger partial charge in [0, 0.05) is 33.1 Å². The maximum absolute atomic E-state index is 12.8. The van der Waals surface area contributed by atoms with Crippen molar-refractivity contribution < 1.29 is 14.3 Å². The molecule has 120 valence electrons. The van der Waals surface area contributed by atoms with Crippen molar-refractivity contribution in [1.29, 1.82) is 0 Å². The van der Waals surface area contributed by atoms with Crippen molar-refractivity contribution in [2.75, 3.05) is 33.3 Å². The van der Waals surface area contributed by atoms with Crippen LogP contribution in [0, 0.1) is 0 Å². The molecular weight excluding hydrogens is 280 g/mol. The zero-order valence-corrected chi connectivity index (χ0v) is 13.6. The Kier molecular flexibility index (Phi) is 5.41. The van der Waals surface area contributed by atoms with Gasteiger partial charge in [0.1, 0.15) is 5.75 Å². The zero-order valence-electron chi connectivity index (χ0n) is 13.6. The Morgan fingerprint density at radius 1 is 1.14 bits per heavy atom. The van der Waals surface area contributed by atoms with Crippen LogP contribution in [0.5, 0.6) is 5.75 Å². The van der Waals surface area contributed by atoms with E-state index in [-0.39, 0.29) is 11.8 Å². The number of hydrogen-bond donors (Lipinski definition) is 0. The van der Waals surface area contributed by atoms with E-state index >= 15 is 0 Å². The van der Waals surface area contributed by atoms with Crippen molar-refractivity contribution in [1.82, 2.24) is 9.80 Å². The Bertz CT molecular complexity index is 557. The first kappa shape index (κ1) is 16.3. The number of rotatable bonds is 3. The molecule has 1 aliphatic rings. The first-order chi connectivity index (χ1) is 10.6. The van der Waals surface area contributed by atoms with Gasteiger partial charge in [-0.05, 0) is 30.5 Å². The average molecular weight is 304 g/mol. The van der Waals surface area contributed by atoms with Crippen LogP contribution in [-0.2, 0) is 11.2 Å². The van der Waals surface area contributed by atoms with Crippen LogP contribution >= 0.6 is 0 Å². The summed E-state index contributed by atoms with van der Waals surface area (Å²) in [4.78, 5) is 27.9. The lowest BCUT2D eigenvalue weighted by Crippen LogP contribution is -2.36. The zero-order chi connectivity index (χ0) is 16.1. The van der Waals surface area contributed by atoms with E-state index in [1.807, 2.05) is 23.1 Å². The predicted octanol–water partition coefficient (Wildman–Crippen LogP) is 1.95. The molecular formula is C17H24N2O3. The summed E-state index contributed by atoms with van der Waals surface area (Å²) < 4.78 is 5.34. The minimum Gasteiger partial charge on any atom is -0.496 e. The highest BCUT2D eigenvalue weighted by Gasteiger charge is 2.23. The predicted molar refractivity (Wildman–Crippen MR) is 85.1 cm³/mol. The van der Waals surface area contributed by atoms with E-state index in [2.05, 4.69) is 6.92 Å². The second kappa shape index (κ2) is 7.29. The molecule has 2 rings (SSSR count). The topological polar surface area (TPSA) is 49.9 Å². The van der Waals surface area contributed by atoms with Gasteiger partial charge in [-0.2, -0.15) is 0 Å². The number of methoxy groups -OCH3 is 1. The van der Waals surface area contributed by atoms with E-state index in [9.17, 15) is 9.59 Å². The summed E-state index contributed by atoms with van der Waals surface area (Å²) in [5.41, 5.74) is 1.72. The highest BCUT2D eigenvalue weighted by atomic mass is 16.5. The maximum atomic E-state index is 12.8. The van der Waals surface area contributed by atoms with E-state index in [4.69, 9.17) is 4.74 Å². The molecule has 0 N–H and O–H groups in total. The number of benzene rings is 1. The van der Waals surface area contributed by atoms with E-state index in [0.29, 0.717) is 37.5 Å². The van der Waals surface area contributed by atoms with Crippen LogP contribution in [0.2, 0.25) is 0 Å². The Morgan fingerprint density at radius 2 is 1.82 bits per heavy atom. The number of aryl methyl sites for hydroxylation is 1. The molecule has 0 atom stereocenters. The van der Waals surface area contributed by atoms with E-state index in [1.54, 1.807) is 18.9 Å². The molecule has 22 heavy (non-hydrogen) atoms. The first-order valence-electron chi connectivity index (χ1n) is 7.78. The third kappa shape index (κ3) is 3.59. The van der Waals surface area contributed by atoms with Crippen LogP contribution in [0.1, 0.15) is 36.2 Å². The number of carbonyl (C=O) groups excluding carboxylic acids is 2. The molecule has 0 aliphatic carbocycles. The Hall–Kier alpha value is -2.04. The monoisotopic (exact) mass is 304 g/mol. The van der Waals surface area contributed by atoms with Gasteiger partial charge in [-0.25, -0.2) is 0 Å². The normalized spacial score (nSPS) is 15.4. The number of carbonyl (C=O) groups is 2. The summed E-state index contributed by atoms with van der Waals surface area (Å²) in [6.45, 7) is 6.18. The quantitative estimate of drug-likeness (QED) is 0.857. The second-order valence-electron chi connectivity index (χ2n) is 5.54. The average Bonchev–Trinajstić information content (AvgIpc) is 2.79. The fraction of sp³-hybridized carbons (Fsp3) is 0.529. The number of hydrogen-bond acceptors (Lipinski definition) is 3. The SMILES string of the molecule is CCc1ccc(OC)c(C(=O)N2CCCN(C(C)=O)CC2)c1. The molecule has 5 heteroatoms. The van der Waals surface area contributed by atoms with Crippen LogP contribution < -0.4 is 4.74 Å². The van der Waals surface area contributed by atoms with Crippen molar-refractivity contribution in [2.24, 2.45) is 0 Å². The molecule has 2 amide bonds. The second-order valence-corrected chi connectivity index (χ2v) is 5.54. The van der Waals surface area contributed by atoms with Crippen molar-refractivity contribution in [3.05, 3.63) is 29.3 Å². The smallest absolute Gasteiger partial charge is 0.257 e. The lowest BCUT2D eigenvalue weighted by Gasteiger charge is -2.22. The summed E-state index contributed by atoms with van der Waals surface area (Å²) >= 11 is 0. The highest BCUT2D eigenvalue weighted by Crippen LogP contribution is 2.22. The van der Waals surface area contributed by atoms with Gasteiger partial charge in [-0.3, -0.25) is 9.59 Å². The van der Waals surface area contributed by atoms with Gasteiger partial charge in [0.15, 0.2) is 0 Å². The summed E-state index contributed by atoms with van der Waals surface area (Å²) in [6, 6.07) is 5.75. The van der Waals surface area contributed by atoms with Crippen LogP contribution in [0.4, 0.5) is 0 Å². The van der Waals surface area contributed by atoms with Gasteiger partial charge in [0.2, 0.25) is 5.91 Å². The molecule has 1 fully saturated rings. The molecule has 1 aromatic carbocycles. The lowest BCUT2D eigenvalue weighted by molar-refractivity contribution is -0.128. The Morgan fingerprint density at radius 3 is 2.45 bits per heavy atom. The molecule has 0 unspecified atom stereocenters. The van der Waals surface area contributed by atoms with Crippen LogP contribution in [0.3, 0.4) is 0 Å². The summed E-state index contributed by atoms with van der Waals surface area (Å²) in [6.07, 6.45) is 1.68. The van der Waals surface area contributed by atoms with Gasteiger partial charge in [-0.1, -0.05) is 13.0 Å². The molecule has 1 aliphatic heterocycles. The van der Waals surface area contributed by atoms with Gasteiger partial charge in [0.05, 0.1) is 12.7 Å². The molecule has 1 aromatic rings. The fourth-order valence-corrected chi connectivity index (χ4v) is 2.75. The van der Waals surface area contributed by atoms with E-state index < -0.39 is 0 Å². The maximum Gasteiger partial charge on any atom is 0.257 e. The summed E-state index contributed by atoms with van der Waals surface area (Å²) in [5.74, 6) is 0.660. The number of ether oxygens (including phenoxy) is 1. The van der Waals surface area contributed by atoms with Crippen LogP contribution in [0.15, 0.2) is 18.2 Å². The summed E-state index contributed by atoms with van der Waals surface area (Å²) in [5, 5.41) is 0. The minimum atomic E-state index is -0.0162. The lowest BCUT2D eigenvalue weighted by atomic mass is 10.1. The molecule has 0 bridgehead atoms. The first-order valence-corrected chi connectivity index (χ1v) is 7.78. The molecule has 5 nitrogen and oxygen atoms in total. The molecule has 1 heterocycles. The summed E-state index contributed by atoms with van der Waals surface area (Å²) in [7, 11) is 1.58. The van der Waals surface area contributed by atoms with Gasteiger partial charge < -0.3 is 14.5 Å². The molecule has 0 radical (unpaired) electrons. The Balaban J connectivity index is 2.18. The standard InChI is InChI=1S/C17H24N2O3/c1-4-14-6-7-16(22-3)15(12-14)17(21)19-9-5-8-18(10-11-19)13(2)20/h6-7,12H,4-5,8-11H2,1-3H3. The molecule has 1 saturated heterocycles. The highest BCUT2D eigenvalue weighted by molar-refractivity contribution is 5.97.